The van der Waals surface area contributed by atoms with Crippen LogP contribution in [0.5, 0.6) is 0 Å². The lowest BCUT2D eigenvalue weighted by atomic mass is 10.0. The maximum Gasteiger partial charge on any atom is 0.422 e. The van der Waals surface area contributed by atoms with Crippen molar-refractivity contribution in [2.45, 2.75) is 44.8 Å². The second-order valence-corrected chi connectivity index (χ2v) is 5.25. The fourth-order valence-electron chi connectivity index (χ4n) is 1.70. The average molecular weight is 296 g/mol. The van der Waals surface area contributed by atoms with Gasteiger partial charge in [0.1, 0.15) is 0 Å². The minimum atomic E-state index is -5.06. The molecule has 2 N–H and O–H groups in total. The number of nitrogens with one attached hydrogen (secondary N) is 1. The van der Waals surface area contributed by atoms with Gasteiger partial charge >= 0.3 is 18.2 Å². The van der Waals surface area contributed by atoms with E-state index in [0.29, 0.717) is 32.4 Å². The second kappa shape index (κ2) is 5.88. The molecule has 1 aliphatic carbocycles. The molecule has 0 aliphatic heterocycles. The van der Waals surface area contributed by atoms with Gasteiger partial charge in [-0.2, -0.15) is 13.2 Å². The van der Waals surface area contributed by atoms with E-state index in [2.05, 4.69) is 0 Å². The van der Waals surface area contributed by atoms with Crippen LogP contribution in [-0.4, -0.2) is 46.8 Å². The zero-order valence-corrected chi connectivity index (χ0v) is 11.5. The number of carbonyl (C=O) groups is 2. The van der Waals surface area contributed by atoms with Crippen LogP contribution in [0.3, 0.4) is 0 Å². The predicted octanol–water partition coefficient (Wildman–Crippen LogP) is 2.22. The molecule has 20 heavy (non-hydrogen) atoms. The monoisotopic (exact) mass is 296 g/mol. The van der Waals surface area contributed by atoms with Crippen molar-refractivity contribution in [3.63, 3.8) is 0 Å². The molecule has 0 spiro atoms. The van der Waals surface area contributed by atoms with Gasteiger partial charge in [0.2, 0.25) is 5.54 Å². The number of hydrogen-bond acceptors (Lipinski definition) is 2. The topological polar surface area (TPSA) is 69.6 Å². The van der Waals surface area contributed by atoms with Gasteiger partial charge in [0, 0.05) is 13.1 Å². The van der Waals surface area contributed by atoms with E-state index in [9.17, 15) is 22.8 Å². The van der Waals surface area contributed by atoms with E-state index in [0.717, 1.165) is 12.8 Å². The number of amides is 2. The van der Waals surface area contributed by atoms with Crippen LogP contribution in [0.1, 0.15) is 33.1 Å². The zero-order chi connectivity index (χ0) is 15.6. The Bertz CT molecular complexity index is 383. The van der Waals surface area contributed by atoms with Crippen molar-refractivity contribution in [2.75, 3.05) is 13.1 Å². The first-order valence-electron chi connectivity index (χ1n) is 6.49. The zero-order valence-electron chi connectivity index (χ0n) is 11.5. The highest BCUT2D eigenvalue weighted by Crippen LogP contribution is 2.32. The number of aliphatic carboxylic acids is 1. The van der Waals surface area contributed by atoms with Crippen LogP contribution < -0.4 is 5.32 Å². The Hall–Kier alpha value is -1.47. The lowest BCUT2D eigenvalue weighted by molar-refractivity contribution is -0.203. The number of nitrogens with zero attached hydrogens (tertiary/aromatic N) is 1. The van der Waals surface area contributed by atoms with Gasteiger partial charge in [-0.3, -0.25) is 0 Å². The summed E-state index contributed by atoms with van der Waals surface area (Å²) in [6.45, 7) is 2.92. The van der Waals surface area contributed by atoms with Crippen LogP contribution in [0.15, 0.2) is 0 Å². The number of hydrogen-bond donors (Lipinski definition) is 2. The third-order valence-corrected chi connectivity index (χ3v) is 3.31. The lowest BCUT2D eigenvalue weighted by Crippen LogP contribution is -2.64. The summed E-state index contributed by atoms with van der Waals surface area (Å²) in [6.07, 6.45) is -2.58. The Kier molecular flexibility index (Phi) is 4.88. The summed E-state index contributed by atoms with van der Waals surface area (Å²) in [5, 5.41) is 10.4. The summed E-state index contributed by atoms with van der Waals surface area (Å²) >= 11 is 0. The Labute approximate surface area is 115 Å². The minimum absolute atomic E-state index is 0.301. The molecule has 0 aromatic rings. The Morgan fingerprint density at radius 2 is 1.90 bits per heavy atom. The van der Waals surface area contributed by atoms with Crippen LogP contribution in [0.4, 0.5) is 18.0 Å². The molecule has 0 heterocycles. The summed E-state index contributed by atoms with van der Waals surface area (Å²) in [4.78, 5) is 24.0. The average Bonchev–Trinajstić information content (AvgIpc) is 3.10. The molecule has 8 heteroatoms. The molecule has 1 atom stereocenters. The van der Waals surface area contributed by atoms with Crippen molar-refractivity contribution < 1.29 is 27.9 Å². The van der Waals surface area contributed by atoms with Gasteiger partial charge in [-0.15, -0.1) is 0 Å². The van der Waals surface area contributed by atoms with E-state index in [1.807, 2.05) is 0 Å². The van der Waals surface area contributed by atoms with Crippen molar-refractivity contribution in [3.8, 4) is 0 Å². The Balaban J connectivity index is 2.79. The maximum absolute atomic E-state index is 12.8. The molecule has 1 unspecified atom stereocenters. The molecule has 0 aromatic carbocycles. The third-order valence-electron chi connectivity index (χ3n) is 3.31. The van der Waals surface area contributed by atoms with Gasteiger partial charge in [0.05, 0.1) is 0 Å². The lowest BCUT2D eigenvalue weighted by Gasteiger charge is -2.32. The van der Waals surface area contributed by atoms with Gasteiger partial charge in [0.15, 0.2) is 0 Å². The Morgan fingerprint density at radius 1 is 1.35 bits per heavy atom. The van der Waals surface area contributed by atoms with Gasteiger partial charge in [-0.05, 0) is 32.1 Å². The van der Waals surface area contributed by atoms with E-state index in [4.69, 9.17) is 5.11 Å². The molecule has 2 amide bonds. The summed E-state index contributed by atoms with van der Waals surface area (Å²) in [5.74, 6) is -1.81. The summed E-state index contributed by atoms with van der Waals surface area (Å²) in [6, 6.07) is -0.985. The molecule has 5 nitrogen and oxygen atoms in total. The SMILES string of the molecule is CCCN(CC1CC1)C(=O)NC(C)(C(=O)O)C(F)(F)F. The normalized spacial score (nSPS) is 18.2. The minimum Gasteiger partial charge on any atom is -0.479 e. The quantitative estimate of drug-likeness (QED) is 0.789. The highest BCUT2D eigenvalue weighted by molar-refractivity contribution is 5.86. The highest BCUT2D eigenvalue weighted by Gasteiger charge is 2.58. The third kappa shape index (κ3) is 3.77. The first kappa shape index (κ1) is 16.6. The smallest absolute Gasteiger partial charge is 0.422 e. The number of halogens is 3. The van der Waals surface area contributed by atoms with Gasteiger partial charge in [-0.25, -0.2) is 9.59 Å². The molecule has 0 bridgehead atoms. The van der Waals surface area contributed by atoms with Crippen LogP contribution in [0, 0.1) is 5.92 Å². The molecule has 1 rings (SSSR count). The van der Waals surface area contributed by atoms with Crippen molar-refractivity contribution in [2.24, 2.45) is 5.92 Å². The largest absolute Gasteiger partial charge is 0.479 e. The van der Waals surface area contributed by atoms with Crippen molar-refractivity contribution in [1.82, 2.24) is 10.2 Å². The number of carboxylic acids is 1. The van der Waals surface area contributed by atoms with Crippen LogP contribution >= 0.6 is 0 Å². The van der Waals surface area contributed by atoms with Crippen LogP contribution in [0.25, 0.3) is 0 Å². The predicted molar refractivity (Wildman–Crippen MR) is 65.2 cm³/mol. The Morgan fingerprint density at radius 3 is 2.25 bits per heavy atom. The summed E-state index contributed by atoms with van der Waals surface area (Å²) in [7, 11) is 0. The summed E-state index contributed by atoms with van der Waals surface area (Å²) in [5.41, 5.74) is -3.28. The fourth-order valence-corrected chi connectivity index (χ4v) is 1.70. The van der Waals surface area contributed by atoms with E-state index < -0.39 is 23.7 Å². The van der Waals surface area contributed by atoms with Gasteiger partial charge in [0.25, 0.3) is 0 Å². The van der Waals surface area contributed by atoms with Gasteiger partial charge in [-0.1, -0.05) is 6.92 Å². The molecule has 116 valence electrons. The molecular formula is C12H19F3N2O3. The number of alkyl halides is 3. The van der Waals surface area contributed by atoms with E-state index in [1.54, 1.807) is 12.2 Å². The van der Waals surface area contributed by atoms with E-state index >= 15 is 0 Å². The molecule has 1 saturated carbocycles. The highest BCUT2D eigenvalue weighted by atomic mass is 19.4. The fraction of sp³-hybridized carbons (Fsp3) is 0.833. The van der Waals surface area contributed by atoms with Crippen molar-refractivity contribution in [1.29, 1.82) is 0 Å². The molecule has 1 aliphatic rings. The molecule has 0 aromatic heterocycles. The number of rotatable bonds is 6. The first-order chi connectivity index (χ1) is 9.11. The number of urea groups is 1. The number of carbonyl (C=O) groups excluding carboxylic acids is 1. The molecule has 0 saturated heterocycles. The van der Waals surface area contributed by atoms with Crippen molar-refractivity contribution in [3.05, 3.63) is 0 Å². The summed E-state index contributed by atoms with van der Waals surface area (Å²) < 4.78 is 38.5. The van der Waals surface area contributed by atoms with Crippen LogP contribution in [-0.2, 0) is 4.79 Å². The molecular weight excluding hydrogens is 277 g/mol. The number of carboxylic acid groups (broad SMARTS) is 1. The maximum atomic E-state index is 12.8. The van der Waals surface area contributed by atoms with Crippen molar-refractivity contribution >= 4 is 12.0 Å². The van der Waals surface area contributed by atoms with Gasteiger partial charge < -0.3 is 15.3 Å². The second-order valence-electron chi connectivity index (χ2n) is 5.25. The van der Waals surface area contributed by atoms with E-state index in [-0.39, 0.29) is 0 Å². The molecule has 0 radical (unpaired) electrons. The van der Waals surface area contributed by atoms with Crippen LogP contribution in [0.2, 0.25) is 0 Å². The van der Waals surface area contributed by atoms with E-state index in [1.165, 1.54) is 4.90 Å². The first-order valence-corrected chi connectivity index (χ1v) is 6.49. The standard InChI is InChI=1S/C12H19F3N2O3/c1-3-6-17(7-8-4-5-8)10(20)16-11(2,9(18)19)12(13,14)15/h8H,3-7H2,1-2H3,(H,16,20)(H,18,19). The molecule has 1 fully saturated rings.